The zero-order valence-corrected chi connectivity index (χ0v) is 16.6. The van der Waals surface area contributed by atoms with E-state index in [1.54, 1.807) is 30.7 Å². The van der Waals surface area contributed by atoms with Crippen LogP contribution >= 0.6 is 35.3 Å². The normalized spacial score (nSPS) is 12.0. The average molecular weight is 406 g/mol. The fourth-order valence-corrected chi connectivity index (χ4v) is 4.67. The zero-order chi connectivity index (χ0) is 18.7. The van der Waals surface area contributed by atoms with E-state index in [0.29, 0.717) is 19.5 Å². The number of thioether (sulfide) groups is 1. The third kappa shape index (κ3) is 4.38. The summed E-state index contributed by atoms with van der Waals surface area (Å²) in [4.78, 5) is 12.4. The van der Waals surface area contributed by atoms with E-state index in [1.807, 2.05) is 30.3 Å². The number of hydrogen-bond donors (Lipinski definition) is 1. The summed E-state index contributed by atoms with van der Waals surface area (Å²) in [6.45, 7) is 3.46. The van der Waals surface area contributed by atoms with E-state index in [2.05, 4.69) is 10.4 Å². The molecule has 0 bridgehead atoms. The van der Waals surface area contributed by atoms with Gasteiger partial charge in [-0.15, -0.1) is 5.10 Å². The molecule has 1 atom stereocenters. The Hall–Kier alpha value is -2.03. The van der Waals surface area contributed by atoms with Gasteiger partial charge in [-0.1, -0.05) is 47.4 Å². The van der Waals surface area contributed by atoms with Crippen LogP contribution in [0.4, 0.5) is 10.1 Å². The van der Waals surface area contributed by atoms with Crippen molar-refractivity contribution in [3.63, 3.8) is 0 Å². The summed E-state index contributed by atoms with van der Waals surface area (Å²) < 4.78 is 16.6. The Morgan fingerprint density at radius 3 is 2.73 bits per heavy atom. The van der Waals surface area contributed by atoms with Crippen molar-refractivity contribution < 1.29 is 9.18 Å². The molecule has 0 spiro atoms. The smallest absolute Gasteiger partial charge is 0.237 e. The van der Waals surface area contributed by atoms with E-state index >= 15 is 0 Å². The predicted molar refractivity (Wildman–Crippen MR) is 107 cm³/mol. The van der Waals surface area contributed by atoms with Gasteiger partial charge < -0.3 is 5.32 Å². The highest BCUT2D eigenvalue weighted by Gasteiger charge is 2.18. The second kappa shape index (κ2) is 8.11. The Balaban J connectivity index is 1.69. The lowest BCUT2D eigenvalue weighted by molar-refractivity contribution is -0.115. The van der Waals surface area contributed by atoms with Gasteiger partial charge in [0.15, 0.2) is 8.29 Å². The number of carbonyl (C=O) groups excluding carboxylic acids is 1. The van der Waals surface area contributed by atoms with Gasteiger partial charge in [0, 0.05) is 5.69 Å². The molecular weight excluding hydrogens is 389 g/mol. The number of aromatic nitrogens is 2. The maximum atomic E-state index is 13.6. The Morgan fingerprint density at radius 2 is 2.04 bits per heavy atom. The summed E-state index contributed by atoms with van der Waals surface area (Å²) in [5.41, 5.74) is 1.86. The van der Waals surface area contributed by atoms with Crippen molar-refractivity contribution in [3.8, 4) is 5.69 Å². The molecule has 3 aromatic rings. The second-order valence-corrected chi connectivity index (χ2v) is 8.81. The van der Waals surface area contributed by atoms with Gasteiger partial charge in [-0.05, 0) is 55.9 Å². The van der Waals surface area contributed by atoms with E-state index in [-0.39, 0.29) is 11.7 Å². The van der Waals surface area contributed by atoms with Crippen molar-refractivity contribution in [1.82, 2.24) is 9.78 Å². The van der Waals surface area contributed by atoms with Crippen molar-refractivity contribution >= 4 is 46.9 Å². The topological polar surface area (TPSA) is 46.9 Å². The van der Waals surface area contributed by atoms with Crippen LogP contribution in [-0.2, 0) is 4.79 Å². The standard InChI is InChI=1S/C18H16FN3OS3/c1-11-8-9-13(10-15(11)19)20-16(23)12(2)25-17-21-22(18(24)26-17)14-6-4-3-5-7-14/h3-10,12H,1-2H3,(H,20,23)/t12-/m1/s1. The lowest BCUT2D eigenvalue weighted by Crippen LogP contribution is -2.22. The number of nitrogens with one attached hydrogen (secondary N) is 1. The van der Waals surface area contributed by atoms with Gasteiger partial charge >= 0.3 is 0 Å². The van der Waals surface area contributed by atoms with Crippen LogP contribution in [0.15, 0.2) is 52.9 Å². The summed E-state index contributed by atoms with van der Waals surface area (Å²) in [5.74, 6) is -0.562. The van der Waals surface area contributed by atoms with E-state index in [9.17, 15) is 9.18 Å². The van der Waals surface area contributed by atoms with E-state index in [0.717, 1.165) is 5.69 Å². The number of aryl methyl sites for hydroxylation is 1. The average Bonchev–Trinajstić information content (AvgIpc) is 2.99. The van der Waals surface area contributed by atoms with Crippen molar-refractivity contribution in [1.29, 1.82) is 0 Å². The number of anilines is 1. The first kappa shape index (κ1) is 18.8. The van der Waals surface area contributed by atoms with Gasteiger partial charge in [-0.3, -0.25) is 4.79 Å². The molecule has 1 aromatic heterocycles. The van der Waals surface area contributed by atoms with Crippen molar-refractivity contribution in [2.24, 2.45) is 0 Å². The molecule has 0 saturated heterocycles. The van der Waals surface area contributed by atoms with E-state index < -0.39 is 5.25 Å². The Morgan fingerprint density at radius 1 is 1.31 bits per heavy atom. The van der Waals surface area contributed by atoms with Gasteiger partial charge in [0.25, 0.3) is 0 Å². The first-order chi connectivity index (χ1) is 12.4. The third-order valence-electron chi connectivity index (χ3n) is 3.62. The molecule has 0 saturated carbocycles. The molecular formula is C18H16FN3OS3. The fraction of sp³-hybridized carbons (Fsp3) is 0.167. The molecule has 0 aliphatic rings. The highest BCUT2D eigenvalue weighted by Crippen LogP contribution is 2.28. The van der Waals surface area contributed by atoms with Crippen LogP contribution in [0.1, 0.15) is 12.5 Å². The minimum absolute atomic E-state index is 0.217. The molecule has 134 valence electrons. The molecule has 3 rings (SSSR count). The Kier molecular flexibility index (Phi) is 5.85. The second-order valence-electron chi connectivity index (χ2n) is 5.59. The number of hydrogen-bond acceptors (Lipinski definition) is 5. The van der Waals surface area contributed by atoms with Crippen LogP contribution < -0.4 is 5.32 Å². The molecule has 4 nitrogen and oxygen atoms in total. The van der Waals surface area contributed by atoms with Crippen LogP contribution in [0.25, 0.3) is 5.69 Å². The van der Waals surface area contributed by atoms with Crippen LogP contribution in [0.5, 0.6) is 0 Å². The van der Waals surface area contributed by atoms with Gasteiger partial charge in [0.1, 0.15) is 5.82 Å². The molecule has 1 amide bonds. The summed E-state index contributed by atoms with van der Waals surface area (Å²) in [6, 6.07) is 14.2. The molecule has 0 radical (unpaired) electrons. The molecule has 2 aromatic carbocycles. The fourth-order valence-electron chi connectivity index (χ4n) is 2.16. The largest absolute Gasteiger partial charge is 0.325 e. The van der Waals surface area contributed by atoms with E-state index in [1.165, 1.54) is 29.2 Å². The Bertz CT molecular complexity index is 985. The van der Waals surface area contributed by atoms with Crippen molar-refractivity contribution in [3.05, 3.63) is 63.9 Å². The molecule has 0 unspecified atom stereocenters. The van der Waals surface area contributed by atoms with Crippen LogP contribution in [0.3, 0.4) is 0 Å². The lowest BCUT2D eigenvalue weighted by Gasteiger charge is -2.11. The number of halogens is 1. The maximum absolute atomic E-state index is 13.6. The summed E-state index contributed by atoms with van der Waals surface area (Å²) >= 11 is 8.05. The first-order valence-electron chi connectivity index (χ1n) is 7.83. The maximum Gasteiger partial charge on any atom is 0.237 e. The van der Waals surface area contributed by atoms with Crippen LogP contribution in [0, 0.1) is 16.7 Å². The van der Waals surface area contributed by atoms with Crippen LogP contribution in [0.2, 0.25) is 0 Å². The zero-order valence-electron chi connectivity index (χ0n) is 14.1. The molecule has 8 heteroatoms. The number of rotatable bonds is 5. The van der Waals surface area contributed by atoms with Crippen LogP contribution in [-0.4, -0.2) is 20.9 Å². The van der Waals surface area contributed by atoms with Crippen molar-refractivity contribution in [2.75, 3.05) is 5.32 Å². The summed E-state index contributed by atoms with van der Waals surface area (Å²) in [5, 5.41) is 6.82. The molecule has 0 fully saturated rings. The number of para-hydroxylation sites is 1. The highest BCUT2D eigenvalue weighted by atomic mass is 32.2. The third-order valence-corrected chi connectivity index (χ3v) is 6.03. The number of amides is 1. The highest BCUT2D eigenvalue weighted by molar-refractivity contribution is 8.02. The van der Waals surface area contributed by atoms with Gasteiger partial charge in [-0.25, -0.2) is 9.07 Å². The molecule has 0 aliphatic heterocycles. The lowest BCUT2D eigenvalue weighted by atomic mass is 10.2. The Labute approximate surface area is 164 Å². The first-order valence-corrected chi connectivity index (χ1v) is 9.94. The SMILES string of the molecule is Cc1ccc(NC(=O)[C@@H](C)Sc2nn(-c3ccccc3)c(=S)s2)cc1F. The van der Waals surface area contributed by atoms with Gasteiger partial charge in [0.2, 0.25) is 5.91 Å². The minimum atomic E-state index is -0.399. The summed E-state index contributed by atoms with van der Waals surface area (Å²) in [6.07, 6.45) is 0. The quantitative estimate of drug-likeness (QED) is 0.466. The molecule has 0 aliphatic carbocycles. The predicted octanol–water partition coefficient (Wildman–Crippen LogP) is 5.23. The van der Waals surface area contributed by atoms with E-state index in [4.69, 9.17) is 12.2 Å². The van der Waals surface area contributed by atoms with Crippen molar-refractivity contribution in [2.45, 2.75) is 23.4 Å². The molecule has 1 N–H and O–H groups in total. The monoisotopic (exact) mass is 405 g/mol. The summed E-state index contributed by atoms with van der Waals surface area (Å²) in [7, 11) is 0. The number of carbonyl (C=O) groups is 1. The van der Waals surface area contributed by atoms with Gasteiger partial charge in [0.05, 0.1) is 10.9 Å². The number of benzene rings is 2. The van der Waals surface area contributed by atoms with Gasteiger partial charge in [-0.2, -0.15) is 0 Å². The minimum Gasteiger partial charge on any atom is -0.325 e. The number of nitrogens with zero attached hydrogens (tertiary/aromatic N) is 2. The molecule has 26 heavy (non-hydrogen) atoms. The molecule has 1 heterocycles.